The van der Waals surface area contributed by atoms with E-state index in [-0.39, 0.29) is 5.82 Å². The molecule has 1 rings (SSSR count). The van der Waals surface area contributed by atoms with E-state index in [0.29, 0.717) is 18.9 Å². The summed E-state index contributed by atoms with van der Waals surface area (Å²) in [5.74, 6) is -0.320. The van der Waals surface area contributed by atoms with Crippen LogP contribution in [-0.2, 0) is 20.9 Å². The summed E-state index contributed by atoms with van der Waals surface area (Å²) in [6, 6.07) is 6.06. The van der Waals surface area contributed by atoms with Crippen LogP contribution in [0.2, 0.25) is 0 Å². The third-order valence-corrected chi connectivity index (χ3v) is 4.32. The van der Waals surface area contributed by atoms with Crippen LogP contribution in [0.5, 0.6) is 0 Å². The van der Waals surface area contributed by atoms with Crippen molar-refractivity contribution in [3.8, 4) is 0 Å². The molecule has 0 aromatic heterocycles. The number of rotatable bonds is 6. The zero-order valence-corrected chi connectivity index (χ0v) is 11.0. The summed E-state index contributed by atoms with van der Waals surface area (Å²) in [7, 11) is 0. The second-order valence-corrected chi connectivity index (χ2v) is 6.13. The van der Waals surface area contributed by atoms with Gasteiger partial charge in [0.05, 0.1) is 13.2 Å². The Bertz CT molecular complexity index is 379. The standard InChI is InChI=1S/C10H15FNO2PS/c1-3-13-15(16,14-4-2)12-10-7-5-6-9(11)8-10/h5-8H,3-4H2,1-2H3,(H,12,16). The first-order valence-electron chi connectivity index (χ1n) is 5.02. The largest absolute Gasteiger partial charge is 0.316 e. The van der Waals surface area contributed by atoms with Crippen LogP contribution in [0.4, 0.5) is 10.1 Å². The highest BCUT2D eigenvalue weighted by molar-refractivity contribution is 8.10. The van der Waals surface area contributed by atoms with Crippen molar-refractivity contribution in [2.24, 2.45) is 0 Å². The van der Waals surface area contributed by atoms with E-state index in [0.717, 1.165) is 0 Å². The van der Waals surface area contributed by atoms with E-state index in [1.807, 2.05) is 13.8 Å². The summed E-state index contributed by atoms with van der Waals surface area (Å²) < 4.78 is 23.7. The third-order valence-electron chi connectivity index (χ3n) is 1.69. The minimum atomic E-state index is -2.54. The quantitative estimate of drug-likeness (QED) is 0.795. The van der Waals surface area contributed by atoms with Gasteiger partial charge in [-0.25, -0.2) is 4.39 Å². The molecule has 90 valence electrons. The second kappa shape index (κ2) is 6.30. The van der Waals surface area contributed by atoms with Crippen LogP contribution in [0.15, 0.2) is 24.3 Å². The lowest BCUT2D eigenvalue weighted by Crippen LogP contribution is -2.04. The molecule has 0 unspecified atom stereocenters. The molecule has 1 aromatic carbocycles. The molecule has 6 heteroatoms. The van der Waals surface area contributed by atoms with Gasteiger partial charge in [-0.1, -0.05) is 6.07 Å². The van der Waals surface area contributed by atoms with E-state index in [1.54, 1.807) is 12.1 Å². The normalized spacial score (nSPS) is 11.4. The van der Waals surface area contributed by atoms with E-state index >= 15 is 0 Å². The van der Waals surface area contributed by atoms with E-state index in [9.17, 15) is 4.39 Å². The summed E-state index contributed by atoms with van der Waals surface area (Å²) in [4.78, 5) is 0. The highest BCUT2D eigenvalue weighted by atomic mass is 32.5. The van der Waals surface area contributed by atoms with Gasteiger partial charge in [0.15, 0.2) is 0 Å². The van der Waals surface area contributed by atoms with E-state index in [1.165, 1.54) is 12.1 Å². The van der Waals surface area contributed by atoms with Crippen LogP contribution >= 0.6 is 6.64 Å². The lowest BCUT2D eigenvalue weighted by Gasteiger charge is -2.22. The van der Waals surface area contributed by atoms with Gasteiger partial charge in [0, 0.05) is 5.69 Å². The Balaban J connectivity index is 2.79. The molecule has 0 saturated carbocycles. The SMILES string of the molecule is CCOP(=S)(Nc1cccc(F)c1)OCC. The van der Waals surface area contributed by atoms with Gasteiger partial charge < -0.3 is 14.1 Å². The highest BCUT2D eigenvalue weighted by Gasteiger charge is 2.17. The molecule has 0 spiro atoms. The fourth-order valence-electron chi connectivity index (χ4n) is 1.16. The van der Waals surface area contributed by atoms with Crippen LogP contribution < -0.4 is 5.09 Å². The van der Waals surface area contributed by atoms with Crippen LogP contribution in [0.25, 0.3) is 0 Å². The van der Waals surface area contributed by atoms with Gasteiger partial charge in [-0.2, -0.15) is 0 Å². The van der Waals surface area contributed by atoms with Crippen LogP contribution in [0.3, 0.4) is 0 Å². The molecule has 16 heavy (non-hydrogen) atoms. The molecular weight excluding hydrogens is 248 g/mol. The van der Waals surface area contributed by atoms with Crippen molar-refractivity contribution in [1.29, 1.82) is 0 Å². The molecule has 0 aliphatic carbocycles. The number of nitrogens with one attached hydrogen (secondary N) is 1. The zero-order chi connectivity index (χ0) is 12.0. The molecule has 0 aliphatic heterocycles. The first-order chi connectivity index (χ1) is 7.59. The van der Waals surface area contributed by atoms with E-state index in [2.05, 4.69) is 5.09 Å². The smallest absolute Gasteiger partial charge is 0.287 e. The van der Waals surface area contributed by atoms with E-state index in [4.69, 9.17) is 20.9 Å². The van der Waals surface area contributed by atoms with Gasteiger partial charge >= 0.3 is 0 Å². The monoisotopic (exact) mass is 263 g/mol. The molecule has 1 N–H and O–H groups in total. The van der Waals surface area contributed by atoms with Crippen LogP contribution in [0, 0.1) is 5.82 Å². The summed E-state index contributed by atoms with van der Waals surface area (Å²) in [6.07, 6.45) is 0. The fourth-order valence-corrected chi connectivity index (χ4v) is 3.45. The fraction of sp³-hybridized carbons (Fsp3) is 0.400. The minimum Gasteiger partial charge on any atom is -0.316 e. The highest BCUT2D eigenvalue weighted by Crippen LogP contribution is 2.48. The minimum absolute atomic E-state index is 0.320. The third kappa shape index (κ3) is 4.18. The molecule has 0 amide bonds. The van der Waals surface area contributed by atoms with Crippen molar-refractivity contribution >= 4 is 24.1 Å². The van der Waals surface area contributed by atoms with Crippen molar-refractivity contribution in [1.82, 2.24) is 0 Å². The maximum Gasteiger partial charge on any atom is 0.287 e. The molecule has 1 aromatic rings. The molecule has 0 saturated heterocycles. The Morgan fingerprint density at radius 2 is 1.94 bits per heavy atom. The number of hydrogen-bond acceptors (Lipinski definition) is 3. The lowest BCUT2D eigenvalue weighted by atomic mass is 10.3. The summed E-state index contributed by atoms with van der Waals surface area (Å²) in [6.45, 7) is 2.05. The lowest BCUT2D eigenvalue weighted by molar-refractivity contribution is 0.271. The summed E-state index contributed by atoms with van der Waals surface area (Å²) >= 11 is 5.26. The van der Waals surface area contributed by atoms with Crippen molar-refractivity contribution < 1.29 is 13.4 Å². The maximum absolute atomic E-state index is 13.0. The van der Waals surface area contributed by atoms with Gasteiger partial charge in [-0.3, -0.25) is 0 Å². The Morgan fingerprint density at radius 1 is 1.31 bits per heavy atom. The molecule has 0 radical (unpaired) electrons. The topological polar surface area (TPSA) is 30.5 Å². The van der Waals surface area contributed by atoms with Crippen molar-refractivity contribution in [2.45, 2.75) is 13.8 Å². The van der Waals surface area contributed by atoms with Gasteiger partial charge in [0.1, 0.15) is 5.82 Å². The summed E-state index contributed by atoms with van der Waals surface area (Å²) in [5, 5.41) is 2.94. The van der Waals surface area contributed by atoms with Gasteiger partial charge in [-0.15, -0.1) is 0 Å². The number of benzene rings is 1. The van der Waals surface area contributed by atoms with Crippen LogP contribution in [-0.4, -0.2) is 13.2 Å². The predicted molar refractivity (Wildman–Crippen MR) is 67.6 cm³/mol. The van der Waals surface area contributed by atoms with Crippen LogP contribution in [0.1, 0.15) is 13.8 Å². The molecular formula is C10H15FNO2PS. The predicted octanol–water partition coefficient (Wildman–Crippen LogP) is 3.54. The Hall–Kier alpha value is -0.480. The van der Waals surface area contributed by atoms with Gasteiger partial charge in [-0.05, 0) is 43.9 Å². The average Bonchev–Trinajstić information content (AvgIpc) is 2.17. The van der Waals surface area contributed by atoms with Crippen molar-refractivity contribution in [2.75, 3.05) is 18.3 Å². The maximum atomic E-state index is 13.0. The Kier molecular flexibility index (Phi) is 5.35. The number of anilines is 1. The first-order valence-corrected chi connectivity index (χ1v) is 7.66. The molecule has 0 bridgehead atoms. The molecule has 0 aliphatic rings. The molecule has 0 heterocycles. The average molecular weight is 263 g/mol. The van der Waals surface area contributed by atoms with Gasteiger partial charge in [0.25, 0.3) is 6.64 Å². The molecule has 0 atom stereocenters. The van der Waals surface area contributed by atoms with Gasteiger partial charge in [0.2, 0.25) is 0 Å². The van der Waals surface area contributed by atoms with Crippen molar-refractivity contribution in [3.05, 3.63) is 30.1 Å². The molecule has 3 nitrogen and oxygen atoms in total. The first kappa shape index (κ1) is 13.6. The Labute approximate surface area is 100 Å². The second-order valence-electron chi connectivity index (χ2n) is 2.96. The Morgan fingerprint density at radius 3 is 2.44 bits per heavy atom. The number of halogens is 1. The summed E-state index contributed by atoms with van der Waals surface area (Å²) in [5.41, 5.74) is 0.574. The number of hydrogen-bond donors (Lipinski definition) is 1. The zero-order valence-electron chi connectivity index (χ0n) is 9.27. The van der Waals surface area contributed by atoms with Crippen molar-refractivity contribution in [3.63, 3.8) is 0 Å². The molecule has 0 fully saturated rings. The van der Waals surface area contributed by atoms with E-state index < -0.39 is 6.64 Å².